The highest BCUT2D eigenvalue weighted by molar-refractivity contribution is 7.16. The van der Waals surface area contributed by atoms with Crippen molar-refractivity contribution in [2.75, 3.05) is 26.2 Å². The van der Waals surface area contributed by atoms with Crippen molar-refractivity contribution in [3.63, 3.8) is 0 Å². The SMILES string of the molecule is Cc1nc2cc(F)ccc2cc1C(=O)N1CCN(Cc2ccc(Cl)s2)CC1. The summed E-state index contributed by atoms with van der Waals surface area (Å²) in [5.41, 5.74) is 1.80. The van der Waals surface area contributed by atoms with E-state index in [0.717, 1.165) is 29.4 Å². The van der Waals surface area contributed by atoms with E-state index in [1.54, 1.807) is 24.3 Å². The molecule has 1 fully saturated rings. The molecule has 7 heteroatoms. The molecule has 0 spiro atoms. The van der Waals surface area contributed by atoms with Gasteiger partial charge in [-0.15, -0.1) is 11.3 Å². The molecule has 2 aromatic heterocycles. The van der Waals surface area contributed by atoms with E-state index in [-0.39, 0.29) is 11.7 Å². The van der Waals surface area contributed by atoms with Crippen LogP contribution in [0.1, 0.15) is 20.9 Å². The van der Waals surface area contributed by atoms with Crippen molar-refractivity contribution in [3.05, 3.63) is 62.7 Å². The predicted octanol–water partition coefficient (Wildman–Crippen LogP) is 4.36. The molecule has 1 amide bonds. The van der Waals surface area contributed by atoms with E-state index < -0.39 is 0 Å². The van der Waals surface area contributed by atoms with Crippen LogP contribution >= 0.6 is 22.9 Å². The number of thiophene rings is 1. The number of hydrogen-bond acceptors (Lipinski definition) is 4. The zero-order valence-corrected chi connectivity index (χ0v) is 16.5. The average Bonchev–Trinajstić information content (AvgIpc) is 3.06. The Balaban J connectivity index is 1.45. The standard InChI is InChI=1S/C20H19ClFN3OS/c1-13-17(10-14-2-3-15(22)11-18(14)23-13)20(26)25-8-6-24(7-9-25)12-16-4-5-19(21)27-16/h2-5,10-11H,6-9,12H2,1H3. The summed E-state index contributed by atoms with van der Waals surface area (Å²) >= 11 is 7.59. The van der Waals surface area contributed by atoms with E-state index in [0.29, 0.717) is 29.9 Å². The molecule has 0 N–H and O–H groups in total. The Bertz CT molecular complexity index is 998. The van der Waals surface area contributed by atoms with E-state index in [1.165, 1.54) is 17.0 Å². The Hall–Kier alpha value is -2.02. The van der Waals surface area contributed by atoms with Crippen LogP contribution < -0.4 is 0 Å². The van der Waals surface area contributed by atoms with Crippen LogP contribution in [0.3, 0.4) is 0 Å². The number of aromatic nitrogens is 1. The fraction of sp³-hybridized carbons (Fsp3) is 0.300. The molecule has 0 aliphatic carbocycles. The van der Waals surface area contributed by atoms with Gasteiger partial charge in [-0.3, -0.25) is 14.7 Å². The van der Waals surface area contributed by atoms with Gasteiger partial charge in [-0.05, 0) is 37.3 Å². The van der Waals surface area contributed by atoms with Gasteiger partial charge in [-0.25, -0.2) is 4.39 Å². The molecule has 3 heterocycles. The number of halogens is 2. The number of hydrogen-bond donors (Lipinski definition) is 0. The van der Waals surface area contributed by atoms with Gasteiger partial charge in [-0.1, -0.05) is 11.6 Å². The molecule has 0 bridgehead atoms. The number of benzene rings is 1. The molecule has 27 heavy (non-hydrogen) atoms. The van der Waals surface area contributed by atoms with Gasteiger partial charge in [0.2, 0.25) is 0 Å². The van der Waals surface area contributed by atoms with Gasteiger partial charge in [0.1, 0.15) is 5.82 Å². The fourth-order valence-corrected chi connectivity index (χ4v) is 4.52. The third-order valence-corrected chi connectivity index (χ3v) is 6.08. The summed E-state index contributed by atoms with van der Waals surface area (Å²) in [4.78, 5) is 22.8. The lowest BCUT2D eigenvalue weighted by atomic mass is 10.1. The summed E-state index contributed by atoms with van der Waals surface area (Å²) in [7, 11) is 0. The molecule has 0 unspecified atom stereocenters. The number of pyridine rings is 1. The first kappa shape index (κ1) is 18.3. The van der Waals surface area contributed by atoms with E-state index >= 15 is 0 Å². The van der Waals surface area contributed by atoms with Crippen LogP contribution in [0.4, 0.5) is 4.39 Å². The van der Waals surface area contributed by atoms with Crippen LogP contribution in [-0.2, 0) is 6.54 Å². The molecule has 1 aromatic carbocycles. The molecule has 1 saturated heterocycles. The number of carbonyl (C=O) groups is 1. The van der Waals surface area contributed by atoms with Gasteiger partial charge in [0.15, 0.2) is 0 Å². The highest BCUT2D eigenvalue weighted by Gasteiger charge is 2.24. The van der Waals surface area contributed by atoms with Crippen molar-refractivity contribution >= 4 is 39.7 Å². The third kappa shape index (κ3) is 3.98. The van der Waals surface area contributed by atoms with Crippen molar-refractivity contribution in [1.82, 2.24) is 14.8 Å². The second-order valence-corrected chi connectivity index (χ2v) is 8.53. The molecular formula is C20H19ClFN3OS. The second-order valence-electron chi connectivity index (χ2n) is 6.73. The highest BCUT2D eigenvalue weighted by atomic mass is 35.5. The minimum absolute atomic E-state index is 0.00922. The molecule has 3 aromatic rings. The molecule has 0 atom stereocenters. The number of carbonyl (C=O) groups excluding carboxylic acids is 1. The van der Waals surface area contributed by atoms with Gasteiger partial charge in [-0.2, -0.15) is 0 Å². The molecule has 140 valence electrons. The zero-order valence-electron chi connectivity index (χ0n) is 14.9. The number of nitrogens with zero attached hydrogens (tertiary/aromatic N) is 3. The summed E-state index contributed by atoms with van der Waals surface area (Å²) in [6.07, 6.45) is 0. The number of aryl methyl sites for hydroxylation is 1. The van der Waals surface area contributed by atoms with Gasteiger partial charge in [0, 0.05) is 49.1 Å². The fourth-order valence-electron chi connectivity index (χ4n) is 3.39. The number of rotatable bonds is 3. The predicted molar refractivity (Wildman–Crippen MR) is 107 cm³/mol. The molecule has 1 aliphatic heterocycles. The summed E-state index contributed by atoms with van der Waals surface area (Å²) in [6.45, 7) is 5.67. The van der Waals surface area contributed by atoms with Crippen LogP contribution in [0.15, 0.2) is 36.4 Å². The third-order valence-electron chi connectivity index (χ3n) is 4.87. The van der Waals surface area contributed by atoms with Gasteiger partial charge >= 0.3 is 0 Å². The maximum atomic E-state index is 13.4. The summed E-state index contributed by atoms with van der Waals surface area (Å²) in [5.74, 6) is -0.332. The van der Waals surface area contributed by atoms with Crippen LogP contribution in [0.5, 0.6) is 0 Å². The van der Waals surface area contributed by atoms with E-state index in [2.05, 4.69) is 16.0 Å². The smallest absolute Gasteiger partial charge is 0.255 e. The number of fused-ring (bicyclic) bond motifs is 1. The topological polar surface area (TPSA) is 36.4 Å². The van der Waals surface area contributed by atoms with Gasteiger partial charge < -0.3 is 4.90 Å². The minimum Gasteiger partial charge on any atom is -0.336 e. The maximum Gasteiger partial charge on any atom is 0.255 e. The summed E-state index contributed by atoms with van der Waals surface area (Å²) in [6, 6.07) is 10.2. The van der Waals surface area contributed by atoms with E-state index in [1.807, 2.05) is 17.0 Å². The van der Waals surface area contributed by atoms with Crippen LogP contribution in [-0.4, -0.2) is 46.9 Å². The number of piperazine rings is 1. The maximum absolute atomic E-state index is 13.4. The molecular weight excluding hydrogens is 385 g/mol. The Morgan fingerprint density at radius 1 is 1.19 bits per heavy atom. The van der Waals surface area contributed by atoms with Crippen molar-refractivity contribution in [2.24, 2.45) is 0 Å². The van der Waals surface area contributed by atoms with Crippen molar-refractivity contribution in [1.29, 1.82) is 0 Å². The van der Waals surface area contributed by atoms with E-state index in [9.17, 15) is 9.18 Å². The highest BCUT2D eigenvalue weighted by Crippen LogP contribution is 2.24. The monoisotopic (exact) mass is 403 g/mol. The van der Waals surface area contributed by atoms with Crippen LogP contribution in [0.2, 0.25) is 4.34 Å². The van der Waals surface area contributed by atoms with Crippen molar-refractivity contribution in [2.45, 2.75) is 13.5 Å². The largest absolute Gasteiger partial charge is 0.336 e. The Morgan fingerprint density at radius 2 is 1.96 bits per heavy atom. The summed E-state index contributed by atoms with van der Waals surface area (Å²) in [5, 5.41) is 0.776. The van der Waals surface area contributed by atoms with Crippen molar-refractivity contribution in [3.8, 4) is 0 Å². The lowest BCUT2D eigenvalue weighted by Crippen LogP contribution is -2.48. The number of amides is 1. The lowest BCUT2D eigenvalue weighted by molar-refractivity contribution is 0.0628. The summed E-state index contributed by atoms with van der Waals surface area (Å²) < 4.78 is 14.2. The van der Waals surface area contributed by atoms with Gasteiger partial charge in [0.25, 0.3) is 5.91 Å². The average molecular weight is 404 g/mol. The Labute approximate surface area is 166 Å². The normalized spacial score (nSPS) is 15.4. The first-order valence-corrected chi connectivity index (χ1v) is 10.0. The van der Waals surface area contributed by atoms with Crippen LogP contribution in [0.25, 0.3) is 10.9 Å². The first-order valence-electron chi connectivity index (χ1n) is 8.82. The quantitative estimate of drug-likeness (QED) is 0.652. The molecule has 1 aliphatic rings. The van der Waals surface area contributed by atoms with Gasteiger partial charge in [0.05, 0.1) is 21.1 Å². The van der Waals surface area contributed by atoms with E-state index in [4.69, 9.17) is 11.6 Å². The van der Waals surface area contributed by atoms with Crippen molar-refractivity contribution < 1.29 is 9.18 Å². The van der Waals surface area contributed by atoms with Crippen LogP contribution in [0, 0.1) is 12.7 Å². The Morgan fingerprint density at radius 3 is 2.67 bits per heavy atom. The first-order chi connectivity index (χ1) is 13.0. The second kappa shape index (κ2) is 7.54. The molecule has 4 rings (SSSR count). The lowest BCUT2D eigenvalue weighted by Gasteiger charge is -2.34. The molecule has 0 saturated carbocycles. The minimum atomic E-state index is -0.323. The Kier molecular flexibility index (Phi) is 5.12. The molecule has 0 radical (unpaired) electrons. The zero-order chi connectivity index (χ0) is 19.0. The molecule has 4 nitrogen and oxygen atoms in total.